The van der Waals surface area contributed by atoms with Gasteiger partial charge >= 0.3 is 0 Å². The first-order chi connectivity index (χ1) is 11.3. The zero-order valence-corrected chi connectivity index (χ0v) is 14.5. The summed E-state index contributed by atoms with van der Waals surface area (Å²) in [5.74, 6) is 2.52. The third-order valence-electron chi connectivity index (χ3n) is 3.13. The minimum Gasteiger partial charge on any atom is -0.355 e. The van der Waals surface area contributed by atoms with Crippen LogP contribution in [0.2, 0.25) is 0 Å². The maximum atomic E-state index is 13.4. The maximum Gasteiger partial charge on any atom is 0.230 e. The van der Waals surface area contributed by atoms with Gasteiger partial charge in [0.2, 0.25) is 5.91 Å². The molecule has 23 heavy (non-hydrogen) atoms. The first kappa shape index (κ1) is 17.9. The quantitative estimate of drug-likeness (QED) is 0.691. The van der Waals surface area contributed by atoms with Crippen molar-refractivity contribution in [2.24, 2.45) is 0 Å². The molecule has 0 unspecified atom stereocenters. The Labute approximate surface area is 145 Å². The molecule has 1 N–H and O–H groups in total. The fraction of sp³-hybridized carbons (Fsp3) is 0.278. The molecular weight excluding hydrogens is 329 g/mol. The number of benzene rings is 2. The third kappa shape index (κ3) is 7.10. The second kappa shape index (κ2) is 10.3. The Morgan fingerprint density at radius 3 is 2.48 bits per heavy atom. The number of carbonyl (C=O) groups excluding carboxylic acids is 1. The molecule has 0 fully saturated rings. The SMILES string of the molecule is O=C(CSCc1ccccc1F)NCCSCc1ccccc1. The standard InChI is InChI=1S/C18H20FNOS2/c19-17-9-5-4-8-16(17)13-23-14-18(21)20-10-11-22-12-15-6-2-1-3-7-15/h1-9H,10-14H2,(H,20,21). The molecule has 0 saturated carbocycles. The molecule has 0 spiro atoms. The highest BCUT2D eigenvalue weighted by atomic mass is 32.2. The van der Waals surface area contributed by atoms with Gasteiger partial charge in [0.25, 0.3) is 0 Å². The number of hydrogen-bond donors (Lipinski definition) is 1. The largest absolute Gasteiger partial charge is 0.355 e. The number of hydrogen-bond acceptors (Lipinski definition) is 3. The predicted octanol–water partition coefficient (Wildman–Crippen LogP) is 4.11. The van der Waals surface area contributed by atoms with Crippen molar-refractivity contribution in [3.05, 3.63) is 71.5 Å². The van der Waals surface area contributed by atoms with E-state index in [9.17, 15) is 9.18 Å². The molecular formula is C18H20FNOS2. The number of carbonyl (C=O) groups is 1. The summed E-state index contributed by atoms with van der Waals surface area (Å²) in [5, 5.41) is 2.90. The van der Waals surface area contributed by atoms with E-state index in [1.165, 1.54) is 23.4 Å². The van der Waals surface area contributed by atoms with Crippen LogP contribution in [0.4, 0.5) is 4.39 Å². The Bertz CT molecular complexity index is 607. The van der Waals surface area contributed by atoms with E-state index in [0.29, 0.717) is 23.6 Å². The van der Waals surface area contributed by atoms with E-state index in [0.717, 1.165) is 11.5 Å². The van der Waals surface area contributed by atoms with Crippen LogP contribution < -0.4 is 5.32 Å². The molecule has 0 bridgehead atoms. The van der Waals surface area contributed by atoms with E-state index in [1.807, 2.05) is 24.3 Å². The second-order valence-corrected chi connectivity index (χ2v) is 7.06. The molecule has 122 valence electrons. The summed E-state index contributed by atoms with van der Waals surface area (Å²) >= 11 is 3.23. The monoisotopic (exact) mass is 349 g/mol. The fourth-order valence-electron chi connectivity index (χ4n) is 1.95. The lowest BCUT2D eigenvalue weighted by molar-refractivity contribution is -0.118. The molecule has 0 aliphatic heterocycles. The van der Waals surface area contributed by atoms with Crippen LogP contribution in [0.3, 0.4) is 0 Å². The highest BCUT2D eigenvalue weighted by Crippen LogP contribution is 2.15. The summed E-state index contributed by atoms with van der Waals surface area (Å²) in [7, 11) is 0. The summed E-state index contributed by atoms with van der Waals surface area (Å²) in [5.41, 5.74) is 1.94. The lowest BCUT2D eigenvalue weighted by Gasteiger charge is -2.06. The minimum absolute atomic E-state index is 0.00616. The van der Waals surface area contributed by atoms with Crippen molar-refractivity contribution in [2.75, 3.05) is 18.1 Å². The van der Waals surface area contributed by atoms with Crippen LogP contribution in [0.15, 0.2) is 54.6 Å². The van der Waals surface area contributed by atoms with Gasteiger partial charge in [-0.2, -0.15) is 11.8 Å². The van der Waals surface area contributed by atoms with Gasteiger partial charge in [-0.15, -0.1) is 11.8 Å². The highest BCUT2D eigenvalue weighted by Gasteiger charge is 2.04. The highest BCUT2D eigenvalue weighted by molar-refractivity contribution is 7.99. The van der Waals surface area contributed by atoms with Gasteiger partial charge in [-0.1, -0.05) is 48.5 Å². The van der Waals surface area contributed by atoms with Crippen molar-refractivity contribution in [1.29, 1.82) is 0 Å². The van der Waals surface area contributed by atoms with E-state index >= 15 is 0 Å². The van der Waals surface area contributed by atoms with Crippen molar-refractivity contribution in [2.45, 2.75) is 11.5 Å². The number of amides is 1. The first-order valence-electron chi connectivity index (χ1n) is 7.45. The van der Waals surface area contributed by atoms with Crippen LogP contribution in [-0.2, 0) is 16.3 Å². The van der Waals surface area contributed by atoms with Gasteiger partial charge in [-0.05, 0) is 17.2 Å². The summed E-state index contributed by atoms with van der Waals surface area (Å²) < 4.78 is 13.4. The topological polar surface area (TPSA) is 29.1 Å². The Morgan fingerprint density at radius 2 is 1.70 bits per heavy atom. The summed E-state index contributed by atoms with van der Waals surface area (Å²) in [4.78, 5) is 11.7. The van der Waals surface area contributed by atoms with Crippen LogP contribution >= 0.6 is 23.5 Å². The van der Waals surface area contributed by atoms with Crippen molar-refractivity contribution in [1.82, 2.24) is 5.32 Å². The number of rotatable bonds is 9. The maximum absolute atomic E-state index is 13.4. The number of nitrogens with one attached hydrogen (secondary N) is 1. The zero-order valence-electron chi connectivity index (χ0n) is 12.8. The van der Waals surface area contributed by atoms with Crippen molar-refractivity contribution >= 4 is 29.4 Å². The van der Waals surface area contributed by atoms with Crippen LogP contribution in [-0.4, -0.2) is 24.0 Å². The van der Waals surface area contributed by atoms with E-state index < -0.39 is 0 Å². The molecule has 2 nitrogen and oxygen atoms in total. The van der Waals surface area contributed by atoms with Gasteiger partial charge in [0.15, 0.2) is 0 Å². The molecule has 0 aliphatic rings. The zero-order chi connectivity index (χ0) is 16.3. The molecule has 0 atom stereocenters. The molecule has 0 aliphatic carbocycles. The van der Waals surface area contributed by atoms with Gasteiger partial charge < -0.3 is 5.32 Å². The Hall–Kier alpha value is -1.46. The number of halogens is 1. The molecule has 0 aromatic heterocycles. The average Bonchev–Trinajstić information content (AvgIpc) is 2.57. The van der Waals surface area contributed by atoms with Crippen LogP contribution in [0, 0.1) is 5.82 Å². The van der Waals surface area contributed by atoms with E-state index in [-0.39, 0.29) is 11.7 Å². The Kier molecular flexibility index (Phi) is 8.04. The van der Waals surface area contributed by atoms with Gasteiger partial charge in [-0.3, -0.25) is 4.79 Å². The molecule has 0 heterocycles. The Balaban J connectivity index is 1.53. The first-order valence-corrected chi connectivity index (χ1v) is 9.76. The second-order valence-electron chi connectivity index (χ2n) is 4.97. The molecule has 0 saturated heterocycles. The predicted molar refractivity (Wildman–Crippen MR) is 98.2 cm³/mol. The van der Waals surface area contributed by atoms with Gasteiger partial charge in [-0.25, -0.2) is 4.39 Å². The van der Waals surface area contributed by atoms with Crippen molar-refractivity contribution in [3.63, 3.8) is 0 Å². The molecule has 2 aromatic rings. The Morgan fingerprint density at radius 1 is 0.957 bits per heavy atom. The van der Waals surface area contributed by atoms with Crippen LogP contribution in [0.1, 0.15) is 11.1 Å². The van der Waals surface area contributed by atoms with Crippen molar-refractivity contribution in [3.8, 4) is 0 Å². The van der Waals surface area contributed by atoms with E-state index in [1.54, 1.807) is 23.9 Å². The fourth-order valence-corrected chi connectivity index (χ4v) is 3.61. The summed E-state index contributed by atoms with van der Waals surface area (Å²) in [6.45, 7) is 0.663. The smallest absolute Gasteiger partial charge is 0.230 e. The third-order valence-corrected chi connectivity index (χ3v) is 5.14. The summed E-state index contributed by atoms with van der Waals surface area (Å²) in [6, 6.07) is 16.9. The minimum atomic E-state index is -0.210. The van der Waals surface area contributed by atoms with Crippen molar-refractivity contribution < 1.29 is 9.18 Å². The van der Waals surface area contributed by atoms with Gasteiger partial charge in [0, 0.05) is 23.8 Å². The number of thioether (sulfide) groups is 2. The molecule has 2 aromatic carbocycles. The van der Waals surface area contributed by atoms with Gasteiger partial charge in [0.1, 0.15) is 5.82 Å². The molecule has 1 amide bonds. The van der Waals surface area contributed by atoms with Crippen LogP contribution in [0.25, 0.3) is 0 Å². The average molecular weight is 349 g/mol. The van der Waals surface area contributed by atoms with Crippen LogP contribution in [0.5, 0.6) is 0 Å². The summed E-state index contributed by atoms with van der Waals surface area (Å²) in [6.07, 6.45) is 0. The van der Waals surface area contributed by atoms with E-state index in [4.69, 9.17) is 0 Å². The molecule has 2 rings (SSSR count). The van der Waals surface area contributed by atoms with Gasteiger partial charge in [0.05, 0.1) is 5.75 Å². The van der Waals surface area contributed by atoms with E-state index in [2.05, 4.69) is 17.4 Å². The lowest BCUT2D eigenvalue weighted by atomic mass is 10.2. The molecule has 0 radical (unpaired) electrons. The normalized spacial score (nSPS) is 10.5. The molecule has 5 heteroatoms. The lowest BCUT2D eigenvalue weighted by Crippen LogP contribution is -2.27.